The van der Waals surface area contributed by atoms with Crippen molar-refractivity contribution in [1.82, 2.24) is 0 Å². The van der Waals surface area contributed by atoms with Crippen molar-refractivity contribution in [2.75, 3.05) is 0 Å². The van der Waals surface area contributed by atoms with E-state index in [1.807, 2.05) is 0 Å². The number of rotatable bonds is 8. The normalized spacial score (nSPS) is 37.8. The van der Waals surface area contributed by atoms with E-state index in [1.165, 1.54) is 51.4 Å². The molecule has 0 aliphatic heterocycles. The molecule has 8 atom stereocenters. The second kappa shape index (κ2) is 10.8. The highest BCUT2D eigenvalue weighted by Gasteiger charge is 2.59. The van der Waals surface area contributed by atoms with Gasteiger partial charge in [-0.2, -0.15) is 0 Å². The zero-order valence-corrected chi connectivity index (χ0v) is 24.0. The van der Waals surface area contributed by atoms with Crippen molar-refractivity contribution in [3.63, 3.8) is 0 Å². The van der Waals surface area contributed by atoms with Crippen molar-refractivity contribution in [2.24, 2.45) is 46.3 Å². The summed E-state index contributed by atoms with van der Waals surface area (Å²) >= 11 is 0. The first-order chi connectivity index (χ1) is 17.7. The molecule has 4 unspecified atom stereocenters. The van der Waals surface area contributed by atoms with Crippen LogP contribution in [0.15, 0.2) is 34.5 Å². The number of hydrogen-bond acceptors (Lipinski definition) is 4. The maximum atomic E-state index is 12.3. The Morgan fingerprint density at radius 1 is 1.08 bits per heavy atom. The quantitative estimate of drug-likeness (QED) is 0.258. The Hall–Kier alpha value is -1.71. The van der Waals surface area contributed by atoms with E-state index < -0.39 is 6.16 Å². The van der Waals surface area contributed by atoms with E-state index >= 15 is 0 Å². The predicted molar refractivity (Wildman–Crippen MR) is 147 cm³/mol. The SMILES string of the molecule is CC(C)CCC[C@@H](C)[C@H]1CCC2C3CC=C4CC(OC(=O)OCc5ccco5)CC[C@]4(C)C3CC[C@@]21C. The number of furan rings is 1. The lowest BCUT2D eigenvalue weighted by molar-refractivity contribution is -0.0622. The largest absolute Gasteiger partial charge is 0.509 e. The van der Waals surface area contributed by atoms with E-state index in [4.69, 9.17) is 13.9 Å². The van der Waals surface area contributed by atoms with Crippen LogP contribution >= 0.6 is 0 Å². The van der Waals surface area contributed by atoms with Gasteiger partial charge in [-0.3, -0.25) is 0 Å². The summed E-state index contributed by atoms with van der Waals surface area (Å²) in [5.41, 5.74) is 2.34. The molecule has 37 heavy (non-hydrogen) atoms. The molecule has 0 saturated heterocycles. The fourth-order valence-electron chi connectivity index (χ4n) is 9.45. The van der Waals surface area contributed by atoms with Crippen LogP contribution in [0, 0.1) is 46.3 Å². The minimum Gasteiger partial charge on any atom is -0.466 e. The Kier molecular flexibility index (Phi) is 7.85. The highest BCUT2D eigenvalue weighted by Crippen LogP contribution is 2.67. The molecule has 4 heteroatoms. The van der Waals surface area contributed by atoms with E-state index in [0.717, 1.165) is 54.8 Å². The average Bonchev–Trinajstić information content (AvgIpc) is 3.50. The van der Waals surface area contributed by atoms with Gasteiger partial charge in [-0.15, -0.1) is 0 Å². The minimum atomic E-state index is -0.577. The number of fused-ring (bicyclic) bond motifs is 5. The lowest BCUT2D eigenvalue weighted by Crippen LogP contribution is -2.51. The third kappa shape index (κ3) is 5.28. The van der Waals surface area contributed by atoms with Gasteiger partial charge in [-0.05, 0) is 103 Å². The average molecular weight is 511 g/mol. The monoisotopic (exact) mass is 510 g/mol. The number of ether oxygens (including phenoxy) is 2. The summed E-state index contributed by atoms with van der Waals surface area (Å²) < 4.78 is 16.3. The van der Waals surface area contributed by atoms with Gasteiger partial charge in [-0.1, -0.05) is 65.5 Å². The summed E-state index contributed by atoms with van der Waals surface area (Å²) in [5, 5.41) is 0. The van der Waals surface area contributed by atoms with Gasteiger partial charge in [0.2, 0.25) is 0 Å². The molecule has 1 aromatic heterocycles. The second-order valence-electron chi connectivity index (χ2n) is 13.9. The zero-order valence-electron chi connectivity index (χ0n) is 24.0. The van der Waals surface area contributed by atoms with Gasteiger partial charge in [0.15, 0.2) is 6.61 Å². The summed E-state index contributed by atoms with van der Waals surface area (Å²) in [7, 11) is 0. The molecular formula is C33H50O4. The van der Waals surface area contributed by atoms with E-state index in [9.17, 15) is 4.79 Å². The van der Waals surface area contributed by atoms with Crippen LogP contribution in [0.4, 0.5) is 4.79 Å². The molecule has 3 fully saturated rings. The molecule has 206 valence electrons. The molecule has 0 N–H and O–H groups in total. The van der Waals surface area contributed by atoms with Crippen LogP contribution < -0.4 is 0 Å². The van der Waals surface area contributed by atoms with Crippen LogP contribution in [-0.4, -0.2) is 12.3 Å². The number of carbonyl (C=O) groups excluding carboxylic acids is 1. The number of allylic oxidation sites excluding steroid dienone is 1. The second-order valence-corrected chi connectivity index (χ2v) is 13.9. The topological polar surface area (TPSA) is 48.7 Å². The summed E-state index contributed by atoms with van der Waals surface area (Å²) in [6.45, 7) is 12.6. The maximum Gasteiger partial charge on any atom is 0.509 e. The van der Waals surface area contributed by atoms with Gasteiger partial charge in [-0.25, -0.2) is 4.79 Å². The molecular weight excluding hydrogens is 460 g/mol. The van der Waals surface area contributed by atoms with Crippen LogP contribution in [0.5, 0.6) is 0 Å². The van der Waals surface area contributed by atoms with E-state index in [0.29, 0.717) is 11.2 Å². The molecule has 5 rings (SSSR count). The van der Waals surface area contributed by atoms with Crippen LogP contribution in [0.3, 0.4) is 0 Å². The Labute approximate surface area is 224 Å². The molecule has 4 aliphatic carbocycles. The van der Waals surface area contributed by atoms with Gasteiger partial charge < -0.3 is 13.9 Å². The molecule has 0 bridgehead atoms. The van der Waals surface area contributed by atoms with Crippen molar-refractivity contribution in [3.8, 4) is 0 Å². The first-order valence-electron chi connectivity index (χ1n) is 15.3. The highest BCUT2D eigenvalue weighted by molar-refractivity contribution is 5.60. The predicted octanol–water partition coefficient (Wildman–Crippen LogP) is 9.34. The molecule has 4 aliphatic rings. The Balaban J connectivity index is 1.20. The zero-order chi connectivity index (χ0) is 26.2. The van der Waals surface area contributed by atoms with Crippen molar-refractivity contribution in [2.45, 2.75) is 118 Å². The molecule has 0 radical (unpaired) electrons. The van der Waals surface area contributed by atoms with Crippen molar-refractivity contribution in [1.29, 1.82) is 0 Å². The number of carbonyl (C=O) groups is 1. The summed E-state index contributed by atoms with van der Waals surface area (Å²) in [4.78, 5) is 12.3. The van der Waals surface area contributed by atoms with Crippen LogP contribution in [-0.2, 0) is 16.1 Å². The van der Waals surface area contributed by atoms with Gasteiger partial charge >= 0.3 is 6.16 Å². The smallest absolute Gasteiger partial charge is 0.466 e. The maximum absolute atomic E-state index is 12.3. The molecule has 4 nitrogen and oxygen atoms in total. The Bertz CT molecular complexity index is 948. The van der Waals surface area contributed by atoms with Crippen molar-refractivity contribution >= 4 is 6.16 Å². The van der Waals surface area contributed by atoms with E-state index in [1.54, 1.807) is 24.0 Å². The molecule has 0 amide bonds. The summed E-state index contributed by atoms with van der Waals surface area (Å²) in [6, 6.07) is 3.60. The fourth-order valence-corrected chi connectivity index (χ4v) is 9.45. The number of hydrogen-bond donors (Lipinski definition) is 0. The fraction of sp³-hybridized carbons (Fsp3) is 0.788. The lowest BCUT2D eigenvalue weighted by atomic mass is 9.47. The molecule has 3 saturated carbocycles. The Morgan fingerprint density at radius 2 is 1.92 bits per heavy atom. The third-order valence-corrected chi connectivity index (χ3v) is 11.4. The molecule has 1 heterocycles. The van der Waals surface area contributed by atoms with Gasteiger partial charge in [0, 0.05) is 6.42 Å². The van der Waals surface area contributed by atoms with Crippen LogP contribution in [0.2, 0.25) is 0 Å². The van der Waals surface area contributed by atoms with Crippen LogP contribution in [0.1, 0.15) is 111 Å². The third-order valence-electron chi connectivity index (χ3n) is 11.4. The van der Waals surface area contributed by atoms with E-state index in [-0.39, 0.29) is 18.1 Å². The highest BCUT2D eigenvalue weighted by atomic mass is 16.7. The van der Waals surface area contributed by atoms with Gasteiger partial charge in [0.05, 0.1) is 6.26 Å². The first-order valence-corrected chi connectivity index (χ1v) is 15.3. The van der Waals surface area contributed by atoms with Crippen LogP contribution in [0.25, 0.3) is 0 Å². The lowest BCUT2D eigenvalue weighted by Gasteiger charge is -2.58. The summed E-state index contributed by atoms with van der Waals surface area (Å²) in [6.07, 6.45) is 17.5. The van der Waals surface area contributed by atoms with Gasteiger partial charge in [0.25, 0.3) is 0 Å². The molecule has 0 spiro atoms. The minimum absolute atomic E-state index is 0.0728. The first kappa shape index (κ1) is 26.9. The molecule has 0 aromatic carbocycles. The standard InChI is InChI=1S/C33H50O4/c1-22(2)8-6-9-23(3)28-13-14-29-27-12-11-24-20-25(37-31(34)36-21-26-10-7-19-35-26)15-17-32(24,4)30(27)16-18-33(28,29)5/h7,10-11,19,22-23,25,27-30H,6,8-9,12-18,20-21H2,1-5H3/t23-,25?,27?,28-,29?,30?,32+,33-/m1/s1. The van der Waals surface area contributed by atoms with E-state index in [2.05, 4.69) is 40.7 Å². The summed E-state index contributed by atoms with van der Waals surface area (Å²) in [5.74, 6) is 5.72. The van der Waals surface area contributed by atoms with Crippen molar-refractivity contribution < 1.29 is 18.7 Å². The van der Waals surface area contributed by atoms with Crippen molar-refractivity contribution in [3.05, 3.63) is 35.8 Å². The Morgan fingerprint density at radius 3 is 2.68 bits per heavy atom. The molecule has 1 aromatic rings. The van der Waals surface area contributed by atoms with Gasteiger partial charge in [0.1, 0.15) is 11.9 Å².